The van der Waals surface area contributed by atoms with Gasteiger partial charge in [-0.1, -0.05) is 18.6 Å². The van der Waals surface area contributed by atoms with E-state index in [0.717, 1.165) is 12.5 Å². The molecule has 8 heteroatoms. The number of primary amides is 1. The third kappa shape index (κ3) is 3.69. The van der Waals surface area contributed by atoms with Crippen molar-refractivity contribution in [2.75, 3.05) is 5.32 Å². The van der Waals surface area contributed by atoms with Gasteiger partial charge in [0, 0.05) is 6.04 Å². The van der Waals surface area contributed by atoms with Crippen LogP contribution in [0.15, 0.2) is 24.3 Å². The van der Waals surface area contributed by atoms with Gasteiger partial charge in [0.15, 0.2) is 0 Å². The number of anilines is 1. The van der Waals surface area contributed by atoms with E-state index in [1.165, 1.54) is 18.2 Å². The molecule has 0 aliphatic heterocycles. The van der Waals surface area contributed by atoms with E-state index in [4.69, 9.17) is 5.73 Å². The van der Waals surface area contributed by atoms with Gasteiger partial charge < -0.3 is 16.4 Å². The molecular weight excluding hydrogens is 299 g/mol. The van der Waals surface area contributed by atoms with Gasteiger partial charge in [-0.25, -0.2) is 4.79 Å². The molecule has 120 valence electrons. The molecule has 1 saturated carbocycles. The molecule has 4 N–H and O–H groups in total. The molecule has 0 unspecified atom stereocenters. The first-order valence-electron chi connectivity index (χ1n) is 6.82. The molecule has 0 saturated heterocycles. The summed E-state index contributed by atoms with van der Waals surface area (Å²) in [6, 6.07) is 3.46. The third-order valence-corrected chi connectivity index (χ3v) is 3.68. The lowest BCUT2D eigenvalue weighted by Gasteiger charge is -2.19. The number of carbonyl (C=O) groups is 2. The number of nitrogens with one attached hydrogen (secondary N) is 2. The molecule has 1 fully saturated rings. The summed E-state index contributed by atoms with van der Waals surface area (Å²) in [5, 5.41) is 4.70. The third-order valence-electron chi connectivity index (χ3n) is 3.68. The number of para-hydroxylation sites is 1. The molecule has 1 aliphatic rings. The summed E-state index contributed by atoms with van der Waals surface area (Å²) >= 11 is 0. The Balaban J connectivity index is 2.06. The maximum absolute atomic E-state index is 12.8. The second-order valence-corrected chi connectivity index (χ2v) is 5.19. The number of alkyl halides is 3. The topological polar surface area (TPSA) is 84.2 Å². The molecule has 1 aromatic carbocycles. The second-order valence-electron chi connectivity index (χ2n) is 5.19. The van der Waals surface area contributed by atoms with Crippen LogP contribution in [0.25, 0.3) is 0 Å². The Kier molecular flexibility index (Phi) is 4.58. The van der Waals surface area contributed by atoms with Crippen LogP contribution in [0.3, 0.4) is 0 Å². The molecule has 22 heavy (non-hydrogen) atoms. The van der Waals surface area contributed by atoms with E-state index < -0.39 is 35.6 Å². The second kappa shape index (κ2) is 6.25. The summed E-state index contributed by atoms with van der Waals surface area (Å²) < 4.78 is 38.5. The molecular formula is C14H16F3N3O2. The van der Waals surface area contributed by atoms with Gasteiger partial charge in [-0.3, -0.25) is 4.79 Å². The highest BCUT2D eigenvalue weighted by atomic mass is 19.4. The molecule has 5 nitrogen and oxygen atoms in total. The minimum absolute atomic E-state index is 0.332. The van der Waals surface area contributed by atoms with E-state index in [1.807, 2.05) is 0 Å². The Bertz CT molecular complexity index is 575. The zero-order valence-corrected chi connectivity index (χ0v) is 11.6. The Morgan fingerprint density at radius 3 is 2.50 bits per heavy atom. The quantitative estimate of drug-likeness (QED) is 0.800. The van der Waals surface area contributed by atoms with Crippen molar-refractivity contribution in [1.29, 1.82) is 0 Å². The number of nitrogens with two attached hydrogens (primary N) is 1. The first kappa shape index (κ1) is 16.1. The number of hydrogen-bond acceptors (Lipinski definition) is 2. The van der Waals surface area contributed by atoms with Crippen molar-refractivity contribution in [3.8, 4) is 0 Å². The minimum Gasteiger partial charge on any atom is -0.369 e. The molecule has 1 aromatic rings. The summed E-state index contributed by atoms with van der Waals surface area (Å²) in [5.74, 6) is -0.998. The molecule has 2 rings (SSSR count). The zero-order valence-electron chi connectivity index (χ0n) is 11.6. The van der Waals surface area contributed by atoms with Gasteiger partial charge in [-0.15, -0.1) is 0 Å². The fourth-order valence-electron chi connectivity index (χ4n) is 2.64. The summed E-state index contributed by atoms with van der Waals surface area (Å²) in [7, 11) is 0. The molecule has 0 bridgehead atoms. The van der Waals surface area contributed by atoms with Crippen LogP contribution in [0, 0.1) is 5.92 Å². The van der Waals surface area contributed by atoms with Gasteiger partial charge in [0.1, 0.15) is 0 Å². The standard InChI is InChI=1S/C14H16F3N3O2/c15-14(16,17)9-5-1-2-6-11(9)20-13(22)19-10-7-3-4-8(10)12(18)21/h1-2,5-6,8,10H,3-4,7H2,(H2,18,21)(H2,19,20,22)/t8-,10+/m0/s1. The maximum atomic E-state index is 12.8. The summed E-state index contributed by atoms with van der Waals surface area (Å²) in [6.07, 6.45) is -2.69. The van der Waals surface area contributed by atoms with Crippen LogP contribution < -0.4 is 16.4 Å². The molecule has 1 aliphatic carbocycles. The fourth-order valence-corrected chi connectivity index (χ4v) is 2.64. The average molecular weight is 315 g/mol. The number of benzene rings is 1. The highest BCUT2D eigenvalue weighted by molar-refractivity contribution is 5.91. The van der Waals surface area contributed by atoms with Gasteiger partial charge in [-0.2, -0.15) is 13.2 Å². The molecule has 3 amide bonds. The summed E-state index contributed by atoms with van der Waals surface area (Å²) in [5.41, 5.74) is 3.98. The monoisotopic (exact) mass is 315 g/mol. The van der Waals surface area contributed by atoms with E-state index in [0.29, 0.717) is 12.8 Å². The predicted octanol–water partition coefficient (Wildman–Crippen LogP) is 2.48. The smallest absolute Gasteiger partial charge is 0.369 e. The Morgan fingerprint density at radius 1 is 1.18 bits per heavy atom. The average Bonchev–Trinajstić information content (AvgIpc) is 2.86. The minimum atomic E-state index is -4.56. The highest BCUT2D eigenvalue weighted by Crippen LogP contribution is 2.34. The Hall–Kier alpha value is -2.25. The number of hydrogen-bond donors (Lipinski definition) is 3. The molecule has 0 aromatic heterocycles. The van der Waals surface area contributed by atoms with Gasteiger partial charge in [0.25, 0.3) is 0 Å². The fraction of sp³-hybridized carbons (Fsp3) is 0.429. The molecule has 0 radical (unpaired) electrons. The normalized spacial score (nSPS) is 21.4. The van der Waals surface area contributed by atoms with Gasteiger partial charge in [0.2, 0.25) is 5.91 Å². The predicted molar refractivity (Wildman–Crippen MR) is 73.9 cm³/mol. The van der Waals surface area contributed by atoms with Crippen molar-refractivity contribution in [3.63, 3.8) is 0 Å². The highest BCUT2D eigenvalue weighted by Gasteiger charge is 2.35. The van der Waals surface area contributed by atoms with E-state index in [9.17, 15) is 22.8 Å². The number of urea groups is 1. The van der Waals surface area contributed by atoms with E-state index >= 15 is 0 Å². The van der Waals surface area contributed by atoms with Crippen LogP contribution in [0.2, 0.25) is 0 Å². The summed E-state index contributed by atoms with van der Waals surface area (Å²) in [4.78, 5) is 23.1. The van der Waals surface area contributed by atoms with E-state index in [-0.39, 0.29) is 5.69 Å². The maximum Gasteiger partial charge on any atom is 0.418 e. The number of rotatable bonds is 3. The van der Waals surface area contributed by atoms with Crippen molar-refractivity contribution in [1.82, 2.24) is 5.32 Å². The molecule has 0 spiro atoms. The van der Waals surface area contributed by atoms with Crippen molar-refractivity contribution in [2.24, 2.45) is 11.7 Å². The SMILES string of the molecule is NC(=O)[C@H]1CCC[C@H]1NC(=O)Nc1ccccc1C(F)(F)F. The van der Waals surface area contributed by atoms with Crippen LogP contribution in [0.1, 0.15) is 24.8 Å². The molecule has 2 atom stereocenters. The van der Waals surface area contributed by atoms with Gasteiger partial charge in [-0.05, 0) is 25.0 Å². The van der Waals surface area contributed by atoms with E-state index in [2.05, 4.69) is 10.6 Å². The van der Waals surface area contributed by atoms with Crippen molar-refractivity contribution >= 4 is 17.6 Å². The Morgan fingerprint density at radius 2 is 1.86 bits per heavy atom. The number of carbonyl (C=O) groups excluding carboxylic acids is 2. The largest absolute Gasteiger partial charge is 0.418 e. The van der Waals surface area contributed by atoms with Crippen LogP contribution in [-0.2, 0) is 11.0 Å². The van der Waals surface area contributed by atoms with Crippen molar-refractivity contribution < 1.29 is 22.8 Å². The van der Waals surface area contributed by atoms with Crippen LogP contribution in [0.5, 0.6) is 0 Å². The first-order valence-corrected chi connectivity index (χ1v) is 6.82. The van der Waals surface area contributed by atoms with Crippen LogP contribution in [0.4, 0.5) is 23.7 Å². The first-order chi connectivity index (χ1) is 10.3. The number of halogens is 3. The number of amides is 3. The lowest BCUT2D eigenvalue weighted by molar-refractivity contribution is -0.136. The zero-order chi connectivity index (χ0) is 16.3. The Labute approximate surface area is 125 Å². The lowest BCUT2D eigenvalue weighted by atomic mass is 10.0. The van der Waals surface area contributed by atoms with Crippen molar-refractivity contribution in [3.05, 3.63) is 29.8 Å². The lowest BCUT2D eigenvalue weighted by Crippen LogP contribution is -2.44. The van der Waals surface area contributed by atoms with E-state index in [1.54, 1.807) is 0 Å². The summed E-state index contributed by atoms with van der Waals surface area (Å²) in [6.45, 7) is 0. The van der Waals surface area contributed by atoms with Crippen LogP contribution >= 0.6 is 0 Å². The van der Waals surface area contributed by atoms with Gasteiger partial charge >= 0.3 is 12.2 Å². The van der Waals surface area contributed by atoms with Gasteiger partial charge in [0.05, 0.1) is 17.2 Å². The van der Waals surface area contributed by atoms with Crippen molar-refractivity contribution in [2.45, 2.75) is 31.5 Å². The molecule has 0 heterocycles. The van der Waals surface area contributed by atoms with Crippen LogP contribution in [-0.4, -0.2) is 18.0 Å².